The van der Waals surface area contributed by atoms with Gasteiger partial charge in [0, 0.05) is 12.8 Å². The van der Waals surface area contributed by atoms with Crippen molar-refractivity contribution < 1.29 is 27.4 Å². The van der Waals surface area contributed by atoms with Crippen molar-refractivity contribution in [3.63, 3.8) is 0 Å². The molecule has 0 aromatic heterocycles. The summed E-state index contributed by atoms with van der Waals surface area (Å²) < 4.78 is 44.2. The number of hydrogen-bond acceptors (Lipinski definition) is 4. The molecule has 0 aliphatic rings. The van der Waals surface area contributed by atoms with Crippen LogP contribution < -0.4 is 15.8 Å². The van der Waals surface area contributed by atoms with E-state index in [1.807, 2.05) is 0 Å². The number of nitrogens with two attached hydrogens (primary N) is 1. The van der Waals surface area contributed by atoms with Crippen molar-refractivity contribution in [3.8, 4) is 5.75 Å². The molecule has 0 saturated heterocycles. The minimum Gasteiger partial charge on any atom is -0.406 e. The van der Waals surface area contributed by atoms with Crippen LogP contribution in [0.1, 0.15) is 0 Å². The van der Waals surface area contributed by atoms with Crippen LogP contribution in [-0.2, 0) is 9.53 Å². The van der Waals surface area contributed by atoms with Gasteiger partial charge in [0.1, 0.15) is 11.8 Å². The van der Waals surface area contributed by atoms with E-state index < -0.39 is 18.3 Å². The summed E-state index contributed by atoms with van der Waals surface area (Å²) in [6.07, 6.45) is -4.74. The van der Waals surface area contributed by atoms with Gasteiger partial charge in [0.05, 0.1) is 6.61 Å². The molecule has 1 amide bonds. The number of ether oxygens (including phenoxy) is 2. The zero-order valence-corrected chi connectivity index (χ0v) is 11.3. The third kappa shape index (κ3) is 6.60. The monoisotopic (exact) mass is 314 g/mol. The number of benzene rings is 1. The Morgan fingerprint density at radius 2 is 1.90 bits per heavy atom. The molecule has 0 heterocycles. The van der Waals surface area contributed by atoms with E-state index in [2.05, 4.69) is 10.1 Å². The normalized spacial score (nSPS) is 12.2. The Bertz CT molecular complexity index is 426. The van der Waals surface area contributed by atoms with Crippen LogP contribution in [0.4, 0.5) is 18.9 Å². The number of hydrogen-bond donors (Lipinski definition) is 2. The first-order chi connectivity index (χ1) is 8.81. The smallest absolute Gasteiger partial charge is 0.406 e. The largest absolute Gasteiger partial charge is 0.573 e. The van der Waals surface area contributed by atoms with Crippen LogP contribution in [-0.4, -0.2) is 32.0 Å². The van der Waals surface area contributed by atoms with E-state index in [0.29, 0.717) is 5.69 Å². The van der Waals surface area contributed by atoms with Crippen LogP contribution >= 0.6 is 12.4 Å². The average Bonchev–Trinajstić information content (AvgIpc) is 2.30. The second-order valence-electron chi connectivity index (χ2n) is 3.62. The van der Waals surface area contributed by atoms with Crippen molar-refractivity contribution >= 4 is 24.0 Å². The van der Waals surface area contributed by atoms with E-state index in [9.17, 15) is 18.0 Å². The fourth-order valence-electron chi connectivity index (χ4n) is 1.23. The molecule has 3 N–H and O–H groups in total. The first kappa shape index (κ1) is 18.5. The minimum absolute atomic E-state index is 0. The van der Waals surface area contributed by atoms with Gasteiger partial charge in [-0.3, -0.25) is 4.79 Å². The maximum atomic E-state index is 11.9. The fraction of sp³-hybridized carbons (Fsp3) is 0.364. The van der Waals surface area contributed by atoms with Crippen molar-refractivity contribution in [2.75, 3.05) is 19.0 Å². The molecule has 114 valence electrons. The number of methoxy groups -OCH3 is 1. The van der Waals surface area contributed by atoms with Crippen LogP contribution in [0.3, 0.4) is 0 Å². The van der Waals surface area contributed by atoms with Gasteiger partial charge in [-0.15, -0.1) is 25.6 Å². The number of carbonyl (C=O) groups is 1. The van der Waals surface area contributed by atoms with Crippen molar-refractivity contribution in [3.05, 3.63) is 24.3 Å². The zero-order valence-electron chi connectivity index (χ0n) is 10.4. The Labute approximate surface area is 119 Å². The third-order valence-electron chi connectivity index (χ3n) is 2.04. The molecule has 9 heteroatoms. The third-order valence-corrected chi connectivity index (χ3v) is 2.04. The maximum Gasteiger partial charge on any atom is 0.573 e. The van der Waals surface area contributed by atoms with Gasteiger partial charge < -0.3 is 20.5 Å². The molecule has 0 radical (unpaired) electrons. The van der Waals surface area contributed by atoms with Crippen molar-refractivity contribution in [1.82, 2.24) is 0 Å². The molecule has 1 rings (SSSR count). The molecule has 1 unspecified atom stereocenters. The van der Waals surface area contributed by atoms with Crippen LogP contribution in [0.5, 0.6) is 5.75 Å². The molecule has 0 bridgehead atoms. The number of anilines is 1. The highest BCUT2D eigenvalue weighted by molar-refractivity contribution is 5.94. The molecule has 0 aliphatic heterocycles. The molecular weight excluding hydrogens is 301 g/mol. The molecule has 0 fully saturated rings. The van der Waals surface area contributed by atoms with Crippen LogP contribution in [0.25, 0.3) is 0 Å². The molecule has 5 nitrogen and oxygen atoms in total. The van der Waals surface area contributed by atoms with E-state index in [4.69, 9.17) is 10.5 Å². The van der Waals surface area contributed by atoms with E-state index in [1.165, 1.54) is 19.2 Å². The predicted octanol–water partition coefficient (Wildman–Crippen LogP) is 1.92. The lowest BCUT2D eigenvalue weighted by atomic mass is 10.2. The van der Waals surface area contributed by atoms with Crippen LogP contribution in [0.15, 0.2) is 24.3 Å². The standard InChI is InChI=1S/C11H13F3N2O3.ClH/c1-18-6-9(15)10(17)16-7-2-4-8(5-3-7)19-11(12,13)14;/h2-5,9H,6,15H2,1H3,(H,16,17);1H. The first-order valence-electron chi connectivity index (χ1n) is 5.23. The summed E-state index contributed by atoms with van der Waals surface area (Å²) in [6, 6.07) is 3.88. The van der Waals surface area contributed by atoms with Crippen molar-refractivity contribution in [2.45, 2.75) is 12.4 Å². The zero-order chi connectivity index (χ0) is 14.5. The number of nitrogens with one attached hydrogen (secondary N) is 1. The van der Waals surface area contributed by atoms with Crippen LogP contribution in [0, 0.1) is 0 Å². The van der Waals surface area contributed by atoms with Crippen molar-refractivity contribution in [2.24, 2.45) is 5.73 Å². The molecule has 0 aliphatic carbocycles. The molecule has 0 spiro atoms. The summed E-state index contributed by atoms with van der Waals surface area (Å²) in [5, 5.41) is 2.44. The SMILES string of the molecule is COCC(N)C(=O)Nc1ccc(OC(F)(F)F)cc1.Cl. The van der Waals surface area contributed by atoms with E-state index in [-0.39, 0.29) is 24.8 Å². The second kappa shape index (κ2) is 7.93. The molecule has 0 saturated carbocycles. The van der Waals surface area contributed by atoms with Gasteiger partial charge in [-0.05, 0) is 24.3 Å². The minimum atomic E-state index is -4.74. The van der Waals surface area contributed by atoms with Gasteiger partial charge in [0.2, 0.25) is 5.91 Å². The van der Waals surface area contributed by atoms with Gasteiger partial charge in [0.25, 0.3) is 0 Å². The van der Waals surface area contributed by atoms with Crippen molar-refractivity contribution in [1.29, 1.82) is 0 Å². The molecule has 1 aromatic carbocycles. The molecule has 1 aromatic rings. The number of halogens is 4. The van der Waals surface area contributed by atoms with E-state index >= 15 is 0 Å². The fourth-order valence-corrected chi connectivity index (χ4v) is 1.23. The summed E-state index contributed by atoms with van der Waals surface area (Å²) in [7, 11) is 1.40. The lowest BCUT2D eigenvalue weighted by Crippen LogP contribution is -2.39. The van der Waals surface area contributed by atoms with Gasteiger partial charge >= 0.3 is 6.36 Å². The van der Waals surface area contributed by atoms with Crippen LogP contribution in [0.2, 0.25) is 0 Å². The lowest BCUT2D eigenvalue weighted by molar-refractivity contribution is -0.274. The molecule has 1 atom stereocenters. The van der Waals surface area contributed by atoms with E-state index in [1.54, 1.807) is 0 Å². The second-order valence-corrected chi connectivity index (χ2v) is 3.62. The predicted molar refractivity (Wildman–Crippen MR) is 68.9 cm³/mol. The summed E-state index contributed by atoms with van der Waals surface area (Å²) in [4.78, 5) is 11.5. The Kier molecular flexibility index (Phi) is 7.33. The highest BCUT2D eigenvalue weighted by Gasteiger charge is 2.30. The lowest BCUT2D eigenvalue weighted by Gasteiger charge is -2.12. The van der Waals surface area contributed by atoms with Gasteiger partial charge in [-0.2, -0.15) is 0 Å². The highest BCUT2D eigenvalue weighted by Crippen LogP contribution is 2.23. The van der Waals surface area contributed by atoms with Gasteiger partial charge in [-0.1, -0.05) is 0 Å². The van der Waals surface area contributed by atoms with Gasteiger partial charge in [0.15, 0.2) is 0 Å². The average molecular weight is 315 g/mol. The summed E-state index contributed by atoms with van der Waals surface area (Å²) in [6.45, 7) is 0.0428. The quantitative estimate of drug-likeness (QED) is 0.871. The first-order valence-corrected chi connectivity index (χ1v) is 5.23. The highest BCUT2D eigenvalue weighted by atomic mass is 35.5. The number of amides is 1. The Morgan fingerprint density at radius 3 is 2.35 bits per heavy atom. The Balaban J connectivity index is 0.00000361. The Morgan fingerprint density at radius 1 is 1.35 bits per heavy atom. The summed E-state index contributed by atoms with van der Waals surface area (Å²) >= 11 is 0. The molecular formula is C11H14ClF3N2O3. The summed E-state index contributed by atoms with van der Waals surface area (Å²) in [5.41, 5.74) is 5.79. The van der Waals surface area contributed by atoms with E-state index in [0.717, 1.165) is 12.1 Å². The summed E-state index contributed by atoms with van der Waals surface area (Å²) in [5.74, 6) is -0.863. The number of carbonyl (C=O) groups excluding carboxylic acids is 1. The molecule has 20 heavy (non-hydrogen) atoms. The van der Waals surface area contributed by atoms with Gasteiger partial charge in [-0.25, -0.2) is 0 Å². The Hall–Kier alpha value is -1.51. The number of alkyl halides is 3. The number of rotatable bonds is 5. The maximum absolute atomic E-state index is 11.9. The topological polar surface area (TPSA) is 73.6 Å².